The highest BCUT2D eigenvalue weighted by Gasteiger charge is 2.31. The summed E-state index contributed by atoms with van der Waals surface area (Å²) in [6.07, 6.45) is 10.6. The van der Waals surface area contributed by atoms with Crippen LogP contribution in [-0.2, 0) is 4.79 Å². The van der Waals surface area contributed by atoms with Crippen LogP contribution in [0, 0.1) is 0 Å². The molecule has 1 aromatic carbocycles. The molecule has 5 rings (SSSR count). The Morgan fingerprint density at radius 2 is 1.86 bits per heavy atom. The minimum absolute atomic E-state index is 0.118. The van der Waals surface area contributed by atoms with Crippen molar-refractivity contribution in [3.63, 3.8) is 0 Å². The zero-order valence-electron chi connectivity index (χ0n) is 19.0. The van der Waals surface area contributed by atoms with E-state index in [-0.39, 0.29) is 23.8 Å². The third-order valence-electron chi connectivity index (χ3n) is 6.08. The summed E-state index contributed by atoms with van der Waals surface area (Å²) >= 11 is 0. The molecule has 1 fully saturated rings. The van der Waals surface area contributed by atoms with Gasteiger partial charge < -0.3 is 10.6 Å². The molecule has 3 aromatic heterocycles. The van der Waals surface area contributed by atoms with E-state index in [2.05, 4.69) is 26.8 Å². The lowest BCUT2D eigenvalue weighted by atomic mass is 10.0. The molecule has 176 valence electrons. The minimum atomic E-state index is -0.319. The summed E-state index contributed by atoms with van der Waals surface area (Å²) in [5.74, 6) is 0.855. The van der Waals surface area contributed by atoms with Crippen molar-refractivity contribution >= 4 is 29.1 Å². The van der Waals surface area contributed by atoms with Crippen LogP contribution in [0.15, 0.2) is 67.8 Å². The van der Waals surface area contributed by atoms with Gasteiger partial charge in [-0.2, -0.15) is 0 Å². The molecule has 1 unspecified atom stereocenters. The number of rotatable bonds is 5. The molecule has 0 aliphatic carbocycles. The number of carbonyl (C=O) groups excluding carboxylic acids is 2. The number of nitrogens with one attached hydrogen (secondary N) is 1. The molecule has 0 bridgehead atoms. The van der Waals surface area contributed by atoms with Gasteiger partial charge in [0, 0.05) is 42.5 Å². The predicted molar refractivity (Wildman–Crippen MR) is 131 cm³/mol. The summed E-state index contributed by atoms with van der Waals surface area (Å²) in [4.78, 5) is 44.2. The first kappa shape index (κ1) is 22.2. The van der Waals surface area contributed by atoms with Crippen molar-refractivity contribution in [2.24, 2.45) is 0 Å². The Labute approximate surface area is 201 Å². The number of amides is 2. The Bertz CT molecular complexity index is 1400. The number of hydrogen-bond donors (Lipinski definition) is 2. The maximum Gasteiger partial charge on any atom is 0.258 e. The van der Waals surface area contributed by atoms with Crippen molar-refractivity contribution in [2.75, 3.05) is 17.6 Å². The molecule has 3 N–H and O–H groups in total. The molecular formula is C25H24N8O2. The number of imidazole rings is 1. The van der Waals surface area contributed by atoms with Gasteiger partial charge in [0.2, 0.25) is 11.9 Å². The zero-order valence-corrected chi connectivity index (χ0v) is 19.0. The summed E-state index contributed by atoms with van der Waals surface area (Å²) in [6.45, 7) is 4.30. The van der Waals surface area contributed by atoms with Gasteiger partial charge in [-0.05, 0) is 43.5 Å². The number of nitrogen functional groups attached to an aromatic ring is 1. The zero-order chi connectivity index (χ0) is 24.4. The number of carbonyl (C=O) groups is 2. The molecule has 0 saturated carbocycles. The molecule has 1 aliphatic rings. The van der Waals surface area contributed by atoms with Crippen molar-refractivity contribution in [3.05, 3.63) is 79.2 Å². The molecule has 2 amide bonds. The first-order valence-corrected chi connectivity index (χ1v) is 11.3. The van der Waals surface area contributed by atoms with E-state index in [0.717, 1.165) is 30.7 Å². The molecule has 1 saturated heterocycles. The van der Waals surface area contributed by atoms with Crippen LogP contribution in [0.2, 0.25) is 0 Å². The molecule has 10 heteroatoms. The van der Waals surface area contributed by atoms with Crippen LogP contribution in [0.25, 0.3) is 16.8 Å². The van der Waals surface area contributed by atoms with Gasteiger partial charge >= 0.3 is 0 Å². The quantitative estimate of drug-likeness (QED) is 0.430. The fourth-order valence-corrected chi connectivity index (χ4v) is 4.42. The van der Waals surface area contributed by atoms with Gasteiger partial charge in [0.25, 0.3) is 5.91 Å². The van der Waals surface area contributed by atoms with Crippen LogP contribution in [0.4, 0.5) is 11.8 Å². The number of likely N-dealkylation sites (tertiary alicyclic amines) is 1. The molecular weight excluding hydrogens is 444 g/mol. The molecule has 1 atom stereocenters. The average molecular weight is 469 g/mol. The third-order valence-corrected chi connectivity index (χ3v) is 6.08. The first-order valence-electron chi connectivity index (χ1n) is 11.3. The molecule has 10 nitrogen and oxygen atoms in total. The fourth-order valence-electron chi connectivity index (χ4n) is 4.42. The van der Waals surface area contributed by atoms with E-state index in [4.69, 9.17) is 10.7 Å². The van der Waals surface area contributed by atoms with E-state index in [1.54, 1.807) is 36.8 Å². The Morgan fingerprint density at radius 1 is 1.09 bits per heavy atom. The highest BCUT2D eigenvalue weighted by Crippen LogP contribution is 2.35. The van der Waals surface area contributed by atoms with Crippen LogP contribution in [-0.4, -0.2) is 47.6 Å². The smallest absolute Gasteiger partial charge is 0.258 e. The minimum Gasteiger partial charge on any atom is -0.382 e. The topological polar surface area (TPSA) is 131 Å². The van der Waals surface area contributed by atoms with E-state index in [1.165, 1.54) is 6.08 Å². The maximum atomic E-state index is 12.6. The monoisotopic (exact) mass is 468 g/mol. The van der Waals surface area contributed by atoms with Crippen LogP contribution in [0.1, 0.15) is 41.5 Å². The molecule has 35 heavy (non-hydrogen) atoms. The summed E-state index contributed by atoms with van der Waals surface area (Å²) < 4.78 is 1.91. The van der Waals surface area contributed by atoms with Gasteiger partial charge in [0.05, 0.1) is 6.04 Å². The Hall–Kier alpha value is -4.60. The predicted octanol–water partition coefficient (Wildman–Crippen LogP) is 3.26. The normalized spacial score (nSPS) is 15.7. The van der Waals surface area contributed by atoms with E-state index in [9.17, 15) is 9.59 Å². The number of aromatic nitrogens is 5. The van der Waals surface area contributed by atoms with Crippen molar-refractivity contribution in [2.45, 2.75) is 25.3 Å². The second kappa shape index (κ2) is 9.34. The molecule has 4 heterocycles. The Balaban J connectivity index is 1.52. The van der Waals surface area contributed by atoms with E-state index >= 15 is 0 Å². The fraction of sp³-hybridized carbons (Fsp3) is 0.200. The van der Waals surface area contributed by atoms with Crippen molar-refractivity contribution in [3.8, 4) is 11.3 Å². The van der Waals surface area contributed by atoms with Gasteiger partial charge in [0.15, 0.2) is 0 Å². The van der Waals surface area contributed by atoms with Crippen molar-refractivity contribution in [1.29, 1.82) is 0 Å². The standard InChI is InChI=1S/C25H24N8O2/c1-2-19(34)32-14-4-3-6-18(32)23-30-20(21-22(26)27-13-15-33(21)23)16-7-9-17(10-8-16)24(35)31-25-28-11-5-12-29-25/h2,5,7-13,15,18H,1,3-4,6,14H2,(H2,26,27)(H,28,29,31,35). The van der Waals surface area contributed by atoms with E-state index in [1.807, 2.05) is 27.6 Å². The molecule has 1 aliphatic heterocycles. The number of anilines is 2. The Morgan fingerprint density at radius 3 is 2.60 bits per heavy atom. The van der Waals surface area contributed by atoms with Gasteiger partial charge in [-0.3, -0.25) is 19.3 Å². The summed E-state index contributed by atoms with van der Waals surface area (Å²) in [7, 11) is 0. The number of fused-ring (bicyclic) bond motifs is 1. The van der Waals surface area contributed by atoms with Crippen LogP contribution < -0.4 is 11.1 Å². The van der Waals surface area contributed by atoms with Crippen molar-refractivity contribution in [1.82, 2.24) is 29.2 Å². The second-order valence-electron chi connectivity index (χ2n) is 8.20. The van der Waals surface area contributed by atoms with Gasteiger partial charge in [-0.15, -0.1) is 0 Å². The van der Waals surface area contributed by atoms with Crippen LogP contribution >= 0.6 is 0 Å². The highest BCUT2D eigenvalue weighted by atomic mass is 16.2. The summed E-state index contributed by atoms with van der Waals surface area (Å²) in [6, 6.07) is 8.51. The van der Waals surface area contributed by atoms with E-state index < -0.39 is 0 Å². The highest BCUT2D eigenvalue weighted by molar-refractivity contribution is 6.03. The summed E-state index contributed by atoms with van der Waals surface area (Å²) in [5.41, 5.74) is 8.80. The van der Waals surface area contributed by atoms with Crippen LogP contribution in [0.5, 0.6) is 0 Å². The average Bonchev–Trinajstić information content (AvgIpc) is 3.30. The van der Waals surface area contributed by atoms with Crippen molar-refractivity contribution < 1.29 is 9.59 Å². The largest absolute Gasteiger partial charge is 0.382 e. The van der Waals surface area contributed by atoms with Gasteiger partial charge in [0.1, 0.15) is 22.9 Å². The SMILES string of the molecule is C=CC(=O)N1CCCCC1c1nc(-c2ccc(C(=O)Nc3ncccn3)cc2)c2c(N)nccn12. The second-order valence-corrected chi connectivity index (χ2v) is 8.20. The van der Waals surface area contributed by atoms with E-state index in [0.29, 0.717) is 29.1 Å². The lowest BCUT2D eigenvalue weighted by molar-refractivity contribution is -0.129. The van der Waals surface area contributed by atoms with Crippen LogP contribution in [0.3, 0.4) is 0 Å². The van der Waals surface area contributed by atoms with Gasteiger partial charge in [-0.1, -0.05) is 18.7 Å². The lowest BCUT2D eigenvalue weighted by Crippen LogP contribution is -2.38. The molecule has 0 radical (unpaired) electrons. The molecule has 0 spiro atoms. The third kappa shape index (κ3) is 4.21. The number of hydrogen-bond acceptors (Lipinski definition) is 7. The van der Waals surface area contributed by atoms with Gasteiger partial charge in [-0.25, -0.2) is 19.9 Å². The maximum absolute atomic E-state index is 12.6. The lowest BCUT2D eigenvalue weighted by Gasteiger charge is -2.34. The number of piperidine rings is 1. The number of nitrogens with zero attached hydrogens (tertiary/aromatic N) is 6. The Kier molecular flexibility index (Phi) is 5.92. The number of benzene rings is 1. The first-order chi connectivity index (χ1) is 17.1. The number of nitrogens with two attached hydrogens (primary N) is 1. The molecule has 4 aromatic rings. The summed E-state index contributed by atoms with van der Waals surface area (Å²) in [5, 5.41) is 2.67.